The highest BCUT2D eigenvalue weighted by Crippen LogP contribution is 2.50. The fourth-order valence-electron chi connectivity index (χ4n) is 9.08. The summed E-state index contributed by atoms with van der Waals surface area (Å²) in [6, 6.07) is 68.0. The van der Waals surface area contributed by atoms with Crippen molar-refractivity contribution >= 4 is 44.8 Å². The number of anilines is 3. The van der Waals surface area contributed by atoms with Gasteiger partial charge in [-0.2, -0.15) is 0 Å². The van der Waals surface area contributed by atoms with E-state index in [1.165, 1.54) is 27.8 Å². The van der Waals surface area contributed by atoms with Crippen molar-refractivity contribution < 1.29 is 0 Å². The zero-order valence-electron chi connectivity index (χ0n) is 32.2. The van der Waals surface area contributed by atoms with Crippen LogP contribution in [0.25, 0.3) is 66.8 Å². The summed E-state index contributed by atoms with van der Waals surface area (Å²) in [6.07, 6.45) is 0. The predicted molar refractivity (Wildman–Crippen MR) is 239 cm³/mol. The molecule has 0 spiro atoms. The highest BCUT2D eigenvalue weighted by Gasteiger charge is 2.35. The van der Waals surface area contributed by atoms with Gasteiger partial charge in [0.2, 0.25) is 5.65 Å². The van der Waals surface area contributed by atoms with E-state index in [1.54, 1.807) is 4.57 Å². The predicted octanol–water partition coefficient (Wildman–Crippen LogP) is 12.9. The Morgan fingerprint density at radius 3 is 1.88 bits per heavy atom. The largest absolute Gasteiger partial charge is 0.310 e. The lowest BCUT2D eigenvalue weighted by Gasteiger charge is -2.27. The van der Waals surface area contributed by atoms with Crippen LogP contribution in [0.4, 0.5) is 17.1 Å². The van der Waals surface area contributed by atoms with Gasteiger partial charge >= 0.3 is 0 Å². The molecular weight excluding hydrogens is 709 g/mol. The van der Waals surface area contributed by atoms with E-state index in [0.717, 1.165) is 61.5 Å². The van der Waals surface area contributed by atoms with Crippen LogP contribution in [-0.4, -0.2) is 14.0 Å². The summed E-state index contributed by atoms with van der Waals surface area (Å²) in [4.78, 5) is 21.5. The zero-order chi connectivity index (χ0) is 39.0. The van der Waals surface area contributed by atoms with Crippen molar-refractivity contribution in [1.29, 1.82) is 0 Å². The highest BCUT2D eigenvalue weighted by molar-refractivity contribution is 5.92. The molecule has 0 radical (unpaired) electrons. The molecule has 0 fully saturated rings. The fourth-order valence-corrected chi connectivity index (χ4v) is 9.08. The average Bonchev–Trinajstić information content (AvgIpc) is 3.77. The summed E-state index contributed by atoms with van der Waals surface area (Å²) in [7, 11) is 0. The number of aromatic nitrogens is 3. The third-order valence-electron chi connectivity index (χ3n) is 11.9. The molecule has 1 aliphatic rings. The Labute approximate surface area is 336 Å². The molecule has 1 aliphatic carbocycles. The number of fused-ring (bicyclic) bond motifs is 8. The molecular formula is C53H38N4O. The molecule has 0 bridgehead atoms. The van der Waals surface area contributed by atoms with E-state index in [0.29, 0.717) is 5.65 Å². The second-order valence-electron chi connectivity index (χ2n) is 15.6. The van der Waals surface area contributed by atoms with Gasteiger partial charge in [-0.3, -0.25) is 13.8 Å². The summed E-state index contributed by atoms with van der Waals surface area (Å²) < 4.78 is 3.76. The van der Waals surface area contributed by atoms with Crippen molar-refractivity contribution in [3.63, 3.8) is 0 Å². The first kappa shape index (κ1) is 33.8. The van der Waals surface area contributed by atoms with Crippen LogP contribution in [0.3, 0.4) is 0 Å². The maximum Gasteiger partial charge on any atom is 0.299 e. The van der Waals surface area contributed by atoms with Crippen LogP contribution in [0, 0.1) is 0 Å². The van der Waals surface area contributed by atoms with E-state index in [9.17, 15) is 4.79 Å². The average molecular weight is 747 g/mol. The molecule has 0 amide bonds. The van der Waals surface area contributed by atoms with E-state index in [-0.39, 0.29) is 11.0 Å². The van der Waals surface area contributed by atoms with Gasteiger partial charge in [0.25, 0.3) is 5.56 Å². The van der Waals surface area contributed by atoms with Gasteiger partial charge in [0, 0.05) is 28.2 Å². The van der Waals surface area contributed by atoms with E-state index >= 15 is 0 Å². The molecule has 0 atom stereocenters. The molecule has 8 aromatic carbocycles. The molecule has 0 N–H and O–H groups in total. The Kier molecular flexibility index (Phi) is 7.60. The Bertz CT molecular complexity index is 3270. The second-order valence-corrected chi connectivity index (χ2v) is 15.6. The van der Waals surface area contributed by atoms with E-state index in [4.69, 9.17) is 4.98 Å². The Hall–Kier alpha value is -7.50. The number of imidazole rings is 1. The number of para-hydroxylation sites is 3. The normalized spacial score (nSPS) is 12.9. The van der Waals surface area contributed by atoms with Crippen LogP contribution >= 0.6 is 0 Å². The minimum absolute atomic E-state index is 0.0719. The molecule has 58 heavy (non-hydrogen) atoms. The monoisotopic (exact) mass is 746 g/mol. The van der Waals surface area contributed by atoms with Crippen molar-refractivity contribution in [2.24, 2.45) is 0 Å². The van der Waals surface area contributed by atoms with Gasteiger partial charge in [0.1, 0.15) is 0 Å². The van der Waals surface area contributed by atoms with Gasteiger partial charge in [-0.25, -0.2) is 4.98 Å². The zero-order valence-corrected chi connectivity index (χ0v) is 32.2. The number of hydrogen-bond acceptors (Lipinski definition) is 3. The summed E-state index contributed by atoms with van der Waals surface area (Å²) in [5, 5.41) is 0. The molecule has 2 heterocycles. The number of hydrogen-bond donors (Lipinski definition) is 0. The molecule has 5 heteroatoms. The van der Waals surface area contributed by atoms with Crippen LogP contribution in [0.5, 0.6) is 0 Å². The number of benzene rings is 8. The van der Waals surface area contributed by atoms with Crippen molar-refractivity contribution in [3.8, 4) is 39.1 Å². The summed E-state index contributed by atoms with van der Waals surface area (Å²) >= 11 is 0. The molecule has 0 saturated carbocycles. The van der Waals surface area contributed by atoms with Crippen molar-refractivity contribution in [2.45, 2.75) is 19.3 Å². The van der Waals surface area contributed by atoms with Gasteiger partial charge < -0.3 is 4.90 Å². The molecule has 11 rings (SSSR count). The standard InChI is InChI=1S/C53H38N4O/c1-53(2)45-21-10-9-20-43(45)44-34-42(29-30-46(44)53)55(41-19-13-16-37(32-41)35-14-5-3-6-15-35)40-27-24-36(25-28-40)38-26-31-48-47(33-38)54-51-52(58)56(39-17-7-4-8-18-39)49-22-11-12-23-50(49)57(48)51/h3-34H,1-2H3. The SMILES string of the molecule is CC1(C)c2ccccc2-c2cc(N(c3ccc(-c4ccc5c(c4)nc4c(=O)n(-c6ccccc6)c6ccccc6n45)cc3)c3cccc(-c4ccccc4)c3)ccc21. The molecule has 0 aliphatic heterocycles. The quantitative estimate of drug-likeness (QED) is 0.170. The molecule has 276 valence electrons. The topological polar surface area (TPSA) is 42.5 Å². The summed E-state index contributed by atoms with van der Waals surface area (Å²) in [6.45, 7) is 4.65. The van der Waals surface area contributed by atoms with Crippen molar-refractivity contribution in [3.05, 3.63) is 216 Å². The van der Waals surface area contributed by atoms with Gasteiger partial charge in [-0.15, -0.1) is 0 Å². The van der Waals surface area contributed by atoms with Crippen molar-refractivity contribution in [2.75, 3.05) is 4.90 Å². The lowest BCUT2D eigenvalue weighted by molar-refractivity contribution is 0.660. The summed E-state index contributed by atoms with van der Waals surface area (Å²) in [5.41, 5.74) is 17.4. The maximum atomic E-state index is 14.1. The Morgan fingerprint density at radius 1 is 0.466 bits per heavy atom. The van der Waals surface area contributed by atoms with Crippen molar-refractivity contribution in [1.82, 2.24) is 14.0 Å². The van der Waals surface area contributed by atoms with Gasteiger partial charge in [-0.1, -0.05) is 135 Å². The van der Waals surface area contributed by atoms with Crippen LogP contribution in [0.1, 0.15) is 25.0 Å². The number of nitrogens with zero attached hydrogens (tertiary/aromatic N) is 4. The van der Waals surface area contributed by atoms with Crippen LogP contribution in [-0.2, 0) is 5.41 Å². The summed E-state index contributed by atoms with van der Waals surface area (Å²) in [5.74, 6) is 0. The third kappa shape index (κ3) is 5.24. The maximum absolute atomic E-state index is 14.1. The number of rotatable bonds is 6. The van der Waals surface area contributed by atoms with E-state index in [2.05, 4.69) is 164 Å². The molecule has 10 aromatic rings. The van der Waals surface area contributed by atoms with Gasteiger partial charge in [0.05, 0.1) is 22.1 Å². The lowest BCUT2D eigenvalue weighted by atomic mass is 9.82. The smallest absolute Gasteiger partial charge is 0.299 e. The molecule has 2 aromatic heterocycles. The molecule has 0 unspecified atom stereocenters. The third-order valence-corrected chi connectivity index (χ3v) is 11.9. The van der Waals surface area contributed by atoms with E-state index in [1.807, 2.05) is 52.9 Å². The minimum Gasteiger partial charge on any atom is -0.310 e. The van der Waals surface area contributed by atoms with Crippen LogP contribution in [0.15, 0.2) is 199 Å². The lowest BCUT2D eigenvalue weighted by Crippen LogP contribution is -2.21. The first-order chi connectivity index (χ1) is 28.4. The Balaban J connectivity index is 1.03. The van der Waals surface area contributed by atoms with Gasteiger partial charge in [-0.05, 0) is 117 Å². The first-order valence-electron chi connectivity index (χ1n) is 19.8. The van der Waals surface area contributed by atoms with Crippen LogP contribution in [0.2, 0.25) is 0 Å². The Morgan fingerprint density at radius 2 is 1.07 bits per heavy atom. The fraction of sp³-hybridized carbons (Fsp3) is 0.0566. The van der Waals surface area contributed by atoms with Crippen LogP contribution < -0.4 is 10.5 Å². The second kappa shape index (κ2) is 13.0. The minimum atomic E-state index is -0.151. The van der Waals surface area contributed by atoms with E-state index < -0.39 is 0 Å². The molecule has 0 saturated heterocycles. The first-order valence-corrected chi connectivity index (χ1v) is 19.8. The van der Waals surface area contributed by atoms with Gasteiger partial charge in [0.15, 0.2) is 0 Å². The highest BCUT2D eigenvalue weighted by atomic mass is 16.1. The molecule has 5 nitrogen and oxygen atoms in total.